The van der Waals surface area contributed by atoms with Crippen LogP contribution in [0.3, 0.4) is 0 Å². The van der Waals surface area contributed by atoms with Crippen LogP contribution in [0.15, 0.2) is 0 Å². The molecule has 0 aliphatic carbocycles. The van der Waals surface area contributed by atoms with Crippen molar-refractivity contribution in [1.82, 2.24) is 5.17 Å². The lowest BCUT2D eigenvalue weighted by atomic mass is 11.1. The van der Waals surface area contributed by atoms with E-state index in [1.54, 1.807) is 0 Å². The molecule has 6 N–H and O–H groups in total. The van der Waals surface area contributed by atoms with Crippen LogP contribution >= 0.6 is 0 Å². The van der Waals surface area contributed by atoms with Crippen molar-refractivity contribution < 1.29 is 14.4 Å². The third kappa shape index (κ3) is 3.12. The third-order valence-corrected chi connectivity index (χ3v) is 0.406. The van der Waals surface area contributed by atoms with Crippen molar-refractivity contribution >= 4 is 12.1 Å². The number of carbonyl (C=O) groups excluding carboxylic acids is 2. The van der Waals surface area contributed by atoms with Gasteiger partial charge in [-0.15, -0.1) is 0 Å². The Morgan fingerprint density at radius 1 is 1.33 bits per heavy atom. The third-order valence-electron chi connectivity index (χ3n) is 0.406. The van der Waals surface area contributed by atoms with Crippen LogP contribution in [0.4, 0.5) is 9.59 Å². The molecule has 0 unspecified atom stereocenters. The van der Waals surface area contributed by atoms with E-state index in [9.17, 15) is 9.59 Å². The van der Waals surface area contributed by atoms with E-state index in [1.165, 1.54) is 0 Å². The lowest BCUT2D eigenvalue weighted by Crippen LogP contribution is -2.43. The van der Waals surface area contributed by atoms with Gasteiger partial charge in [0, 0.05) is 0 Å². The smallest absolute Gasteiger partial charge is 0.348 e. The van der Waals surface area contributed by atoms with Gasteiger partial charge in [0.05, 0.1) is 0 Å². The van der Waals surface area contributed by atoms with Gasteiger partial charge >= 0.3 is 12.1 Å². The number of nitrogens with zero attached hydrogens (tertiary/aromatic N) is 1. The summed E-state index contributed by atoms with van der Waals surface area (Å²) in [5.74, 6) is 4.65. The molecule has 0 atom stereocenters. The molecule has 0 aromatic heterocycles. The van der Waals surface area contributed by atoms with Crippen molar-refractivity contribution in [2.75, 3.05) is 0 Å². The first kappa shape index (κ1) is 7.50. The molecule has 0 aliphatic rings. The minimum absolute atomic E-state index is 0.0301. The fourth-order valence-corrected chi connectivity index (χ4v) is 0.142. The number of primary amides is 2. The molecular formula is C2H6N4O3. The number of hydroxylamine groups is 1. The Hall–Kier alpha value is -1.50. The number of amides is 3. The summed E-state index contributed by atoms with van der Waals surface area (Å²) >= 11 is 0. The maximum absolute atomic E-state index is 9.93. The molecule has 0 aliphatic heterocycles. The first-order valence-corrected chi connectivity index (χ1v) is 1.85. The van der Waals surface area contributed by atoms with Crippen molar-refractivity contribution in [3.8, 4) is 0 Å². The van der Waals surface area contributed by atoms with Crippen LogP contribution < -0.4 is 17.3 Å². The van der Waals surface area contributed by atoms with Crippen LogP contribution in [0.25, 0.3) is 0 Å². The van der Waals surface area contributed by atoms with Crippen LogP contribution in [0.5, 0.6) is 0 Å². The van der Waals surface area contributed by atoms with Gasteiger partial charge in [-0.1, -0.05) is 5.17 Å². The van der Waals surface area contributed by atoms with Gasteiger partial charge < -0.3 is 16.3 Å². The topological polar surface area (TPSA) is 125 Å². The average molecular weight is 134 g/mol. The summed E-state index contributed by atoms with van der Waals surface area (Å²) in [4.78, 5) is 23.5. The van der Waals surface area contributed by atoms with E-state index in [0.717, 1.165) is 0 Å². The van der Waals surface area contributed by atoms with Gasteiger partial charge in [-0.2, -0.15) is 0 Å². The molecule has 0 saturated carbocycles. The minimum Gasteiger partial charge on any atom is -0.348 e. The van der Waals surface area contributed by atoms with E-state index in [0.29, 0.717) is 0 Å². The quantitative estimate of drug-likeness (QED) is 0.206. The van der Waals surface area contributed by atoms with E-state index < -0.39 is 12.1 Å². The Balaban J connectivity index is 3.63. The van der Waals surface area contributed by atoms with Crippen LogP contribution in [0, 0.1) is 0 Å². The van der Waals surface area contributed by atoms with E-state index in [2.05, 4.69) is 22.1 Å². The summed E-state index contributed by atoms with van der Waals surface area (Å²) in [6.07, 6.45) is -1.20. The van der Waals surface area contributed by atoms with Crippen LogP contribution in [-0.4, -0.2) is 17.3 Å². The fourth-order valence-electron chi connectivity index (χ4n) is 0.142. The van der Waals surface area contributed by atoms with E-state index >= 15 is 0 Å². The average Bonchev–Trinajstić information content (AvgIpc) is 1.63. The van der Waals surface area contributed by atoms with Gasteiger partial charge in [-0.05, 0) is 0 Å². The second-order valence-electron chi connectivity index (χ2n) is 1.07. The second-order valence-corrected chi connectivity index (χ2v) is 1.07. The van der Waals surface area contributed by atoms with E-state index in [-0.39, 0.29) is 5.17 Å². The number of rotatable bonds is 0. The molecule has 3 amide bonds. The standard InChI is InChI=1S/C2H6N4O3/c3-1(7)6(5)9-2(4)8/h5H2,(H2,3,7)(H2,4,8). The number of hydrogen-bond donors (Lipinski definition) is 3. The predicted octanol–water partition coefficient (Wildman–Crippen LogP) is -1.75. The largest absolute Gasteiger partial charge is 0.430 e. The molecule has 9 heavy (non-hydrogen) atoms. The molecule has 7 heteroatoms. The van der Waals surface area contributed by atoms with E-state index in [1.807, 2.05) is 0 Å². The highest BCUT2D eigenvalue weighted by Crippen LogP contribution is 1.77. The molecule has 0 spiro atoms. The molecule has 7 nitrogen and oxygen atoms in total. The van der Waals surface area contributed by atoms with Gasteiger partial charge in [0.15, 0.2) is 0 Å². The fraction of sp³-hybridized carbons (Fsp3) is 0. The highest BCUT2D eigenvalue weighted by atomic mass is 16.7. The minimum atomic E-state index is -1.20. The van der Waals surface area contributed by atoms with E-state index in [4.69, 9.17) is 0 Å². The van der Waals surface area contributed by atoms with Crippen molar-refractivity contribution in [3.63, 3.8) is 0 Å². The molecule has 0 bridgehead atoms. The van der Waals surface area contributed by atoms with Gasteiger partial charge in [0.2, 0.25) is 0 Å². The number of hydrazine groups is 1. The Bertz CT molecular complexity index is 134. The van der Waals surface area contributed by atoms with Gasteiger partial charge in [0.1, 0.15) is 0 Å². The Kier molecular flexibility index (Phi) is 2.27. The second kappa shape index (κ2) is 2.72. The molecule has 0 aromatic carbocycles. The molecule has 0 rings (SSSR count). The van der Waals surface area contributed by atoms with Crippen LogP contribution in [0.2, 0.25) is 0 Å². The summed E-state index contributed by atoms with van der Waals surface area (Å²) < 4.78 is 0. The zero-order valence-electron chi connectivity index (χ0n) is 4.40. The summed E-state index contributed by atoms with van der Waals surface area (Å²) in [5, 5.41) is 0.0301. The number of nitrogens with two attached hydrogens (primary N) is 3. The molecule has 0 fully saturated rings. The molecule has 0 radical (unpaired) electrons. The number of carbonyl (C=O) groups is 2. The van der Waals surface area contributed by atoms with Gasteiger partial charge in [-0.25, -0.2) is 15.4 Å². The summed E-state index contributed by atoms with van der Waals surface area (Å²) in [6, 6.07) is -1.10. The summed E-state index contributed by atoms with van der Waals surface area (Å²) in [6.45, 7) is 0. The molecule has 52 valence electrons. The first-order valence-electron chi connectivity index (χ1n) is 1.85. The Labute approximate surface area is 50.2 Å². The maximum Gasteiger partial charge on any atom is 0.430 e. The number of urea groups is 1. The Morgan fingerprint density at radius 2 is 1.78 bits per heavy atom. The zero-order valence-corrected chi connectivity index (χ0v) is 4.40. The molecule has 0 saturated heterocycles. The SMILES string of the molecule is NC(=O)ON(N)C(N)=O. The van der Waals surface area contributed by atoms with Crippen molar-refractivity contribution in [3.05, 3.63) is 0 Å². The lowest BCUT2D eigenvalue weighted by Gasteiger charge is -2.08. The molecular weight excluding hydrogens is 128 g/mol. The predicted molar refractivity (Wildman–Crippen MR) is 26.3 cm³/mol. The van der Waals surface area contributed by atoms with Crippen LogP contribution in [-0.2, 0) is 4.84 Å². The monoisotopic (exact) mass is 134 g/mol. The summed E-state index contributed by atoms with van der Waals surface area (Å²) in [5.41, 5.74) is 8.95. The van der Waals surface area contributed by atoms with Crippen molar-refractivity contribution in [2.24, 2.45) is 17.3 Å². The Morgan fingerprint density at radius 3 is 1.89 bits per heavy atom. The van der Waals surface area contributed by atoms with Gasteiger partial charge in [0.25, 0.3) is 0 Å². The van der Waals surface area contributed by atoms with Crippen molar-refractivity contribution in [2.45, 2.75) is 0 Å². The highest BCUT2D eigenvalue weighted by molar-refractivity contribution is 5.73. The number of hydrogen-bond acceptors (Lipinski definition) is 4. The first-order chi connectivity index (χ1) is 4.04. The molecule has 0 heterocycles. The highest BCUT2D eigenvalue weighted by Gasteiger charge is 2.06. The van der Waals surface area contributed by atoms with Gasteiger partial charge in [-0.3, -0.25) is 0 Å². The summed E-state index contributed by atoms with van der Waals surface area (Å²) in [7, 11) is 0. The van der Waals surface area contributed by atoms with Crippen molar-refractivity contribution in [1.29, 1.82) is 0 Å². The normalized spacial score (nSPS) is 8.11. The lowest BCUT2D eigenvalue weighted by molar-refractivity contribution is -0.0521. The van der Waals surface area contributed by atoms with Crippen LogP contribution in [0.1, 0.15) is 0 Å². The zero-order chi connectivity index (χ0) is 7.44. The molecule has 0 aromatic rings. The maximum atomic E-state index is 9.93.